The first kappa shape index (κ1) is 19.0. The van der Waals surface area contributed by atoms with Crippen molar-refractivity contribution in [1.29, 1.82) is 0 Å². The maximum Gasteiger partial charge on any atom is 0.0819 e. The Morgan fingerprint density at radius 3 is 2.52 bits per heavy atom. The van der Waals surface area contributed by atoms with Crippen molar-refractivity contribution >= 4 is 24.0 Å². The van der Waals surface area contributed by atoms with Crippen LogP contribution in [0.15, 0.2) is 24.3 Å². The first-order valence-electron chi connectivity index (χ1n) is 8.42. The standard InChI is InChI=1S/C18H27ClN2O.ClH/c1-18(8-9-20-12-18)13-21-10-6-15(7-11-21)17(22)14-2-4-16(19)5-3-14;/h2-5,15,17,20,22H,6-13H2,1H3;1H. The van der Waals surface area contributed by atoms with Crippen molar-refractivity contribution in [3.05, 3.63) is 34.9 Å². The lowest BCUT2D eigenvalue weighted by Crippen LogP contribution is -2.42. The highest BCUT2D eigenvalue weighted by Gasteiger charge is 2.33. The molecule has 1 aromatic carbocycles. The average molecular weight is 359 g/mol. The highest BCUT2D eigenvalue weighted by molar-refractivity contribution is 6.30. The molecule has 130 valence electrons. The molecule has 2 heterocycles. The summed E-state index contributed by atoms with van der Waals surface area (Å²) in [5.41, 5.74) is 1.43. The maximum absolute atomic E-state index is 10.6. The molecule has 0 spiro atoms. The fourth-order valence-corrected chi connectivity index (χ4v) is 4.03. The molecule has 0 aliphatic carbocycles. The van der Waals surface area contributed by atoms with Crippen molar-refractivity contribution in [2.45, 2.75) is 32.3 Å². The summed E-state index contributed by atoms with van der Waals surface area (Å²) >= 11 is 5.92. The second kappa shape index (κ2) is 8.17. The largest absolute Gasteiger partial charge is 0.388 e. The molecule has 2 N–H and O–H groups in total. The summed E-state index contributed by atoms with van der Waals surface area (Å²) in [5.74, 6) is 0.368. The number of aliphatic hydroxyl groups is 1. The van der Waals surface area contributed by atoms with Crippen LogP contribution in [-0.4, -0.2) is 42.7 Å². The molecule has 3 rings (SSSR count). The van der Waals surface area contributed by atoms with Gasteiger partial charge in [0.2, 0.25) is 0 Å². The predicted molar refractivity (Wildman–Crippen MR) is 98.4 cm³/mol. The minimum Gasteiger partial charge on any atom is -0.388 e. The van der Waals surface area contributed by atoms with Crippen LogP contribution in [0.1, 0.15) is 37.9 Å². The van der Waals surface area contributed by atoms with Crippen molar-refractivity contribution in [3.8, 4) is 0 Å². The molecule has 0 radical (unpaired) electrons. The number of nitrogens with zero attached hydrogens (tertiary/aromatic N) is 1. The summed E-state index contributed by atoms with van der Waals surface area (Å²) < 4.78 is 0. The van der Waals surface area contributed by atoms with Crippen LogP contribution in [0.25, 0.3) is 0 Å². The van der Waals surface area contributed by atoms with E-state index in [1.165, 1.54) is 13.0 Å². The molecule has 2 fully saturated rings. The predicted octanol–water partition coefficient (Wildman–Crippen LogP) is 3.51. The SMILES string of the molecule is CC1(CN2CCC(C(O)c3ccc(Cl)cc3)CC2)CCNC1.Cl. The van der Waals surface area contributed by atoms with Crippen LogP contribution < -0.4 is 5.32 Å². The van der Waals surface area contributed by atoms with Crippen molar-refractivity contribution in [2.24, 2.45) is 11.3 Å². The molecular weight excluding hydrogens is 331 g/mol. The number of piperidine rings is 1. The van der Waals surface area contributed by atoms with Gasteiger partial charge in [-0.1, -0.05) is 30.7 Å². The van der Waals surface area contributed by atoms with Crippen LogP contribution in [0, 0.1) is 11.3 Å². The van der Waals surface area contributed by atoms with Crippen molar-refractivity contribution in [2.75, 3.05) is 32.7 Å². The Morgan fingerprint density at radius 2 is 1.96 bits per heavy atom. The Labute approximate surface area is 150 Å². The molecule has 5 heteroatoms. The molecule has 0 bridgehead atoms. The zero-order chi connectivity index (χ0) is 15.6. The minimum absolute atomic E-state index is 0. The van der Waals surface area contributed by atoms with Gasteiger partial charge in [0.05, 0.1) is 6.10 Å². The summed E-state index contributed by atoms with van der Waals surface area (Å²) in [6.07, 6.45) is 3.07. The third-order valence-corrected chi connectivity index (χ3v) is 5.60. The Morgan fingerprint density at radius 1 is 1.30 bits per heavy atom. The van der Waals surface area contributed by atoms with Gasteiger partial charge in [0, 0.05) is 18.1 Å². The molecule has 2 unspecified atom stereocenters. The van der Waals surface area contributed by atoms with Gasteiger partial charge in [-0.25, -0.2) is 0 Å². The van der Waals surface area contributed by atoms with Crippen molar-refractivity contribution in [1.82, 2.24) is 10.2 Å². The summed E-state index contributed by atoms with van der Waals surface area (Å²) in [7, 11) is 0. The zero-order valence-electron chi connectivity index (χ0n) is 13.8. The number of hydrogen-bond donors (Lipinski definition) is 2. The normalized spacial score (nSPS) is 27.6. The molecule has 1 aromatic rings. The maximum atomic E-state index is 10.6. The summed E-state index contributed by atoms with van der Waals surface area (Å²) in [6.45, 7) is 8.07. The van der Waals surface area contributed by atoms with Gasteiger partial charge in [0.15, 0.2) is 0 Å². The Bertz CT molecular complexity index is 480. The average Bonchev–Trinajstić information content (AvgIpc) is 2.94. The molecule has 3 nitrogen and oxygen atoms in total. The number of aliphatic hydroxyl groups excluding tert-OH is 1. The van der Waals surface area contributed by atoms with Gasteiger partial charge < -0.3 is 15.3 Å². The molecule has 23 heavy (non-hydrogen) atoms. The number of halogens is 2. The fraction of sp³-hybridized carbons (Fsp3) is 0.667. The number of hydrogen-bond acceptors (Lipinski definition) is 3. The highest BCUT2D eigenvalue weighted by atomic mass is 35.5. The number of nitrogens with one attached hydrogen (secondary N) is 1. The highest BCUT2D eigenvalue weighted by Crippen LogP contribution is 2.33. The van der Waals surface area contributed by atoms with E-state index in [-0.39, 0.29) is 18.5 Å². The molecule has 0 aromatic heterocycles. The number of likely N-dealkylation sites (tertiary alicyclic amines) is 1. The lowest BCUT2D eigenvalue weighted by molar-refractivity contribution is 0.0474. The van der Waals surface area contributed by atoms with Crippen LogP contribution in [0.5, 0.6) is 0 Å². The van der Waals surface area contributed by atoms with Crippen molar-refractivity contribution < 1.29 is 5.11 Å². The summed E-state index contributed by atoms with van der Waals surface area (Å²) in [5, 5.41) is 14.8. The quantitative estimate of drug-likeness (QED) is 0.864. The third kappa shape index (κ3) is 4.83. The van der Waals surface area contributed by atoms with E-state index in [1.54, 1.807) is 0 Å². The van der Waals surface area contributed by atoms with E-state index in [4.69, 9.17) is 11.6 Å². The van der Waals surface area contributed by atoms with E-state index in [0.29, 0.717) is 11.3 Å². The zero-order valence-corrected chi connectivity index (χ0v) is 15.4. The summed E-state index contributed by atoms with van der Waals surface area (Å²) in [6, 6.07) is 7.63. The second-order valence-electron chi connectivity index (χ2n) is 7.35. The van der Waals surface area contributed by atoms with Crippen molar-refractivity contribution in [3.63, 3.8) is 0 Å². The van der Waals surface area contributed by atoms with Crippen LogP contribution in [0.3, 0.4) is 0 Å². The van der Waals surface area contributed by atoms with Gasteiger partial charge in [-0.05, 0) is 67.9 Å². The van der Waals surface area contributed by atoms with Crippen LogP contribution in [0.2, 0.25) is 5.02 Å². The molecule has 2 aliphatic heterocycles. The smallest absolute Gasteiger partial charge is 0.0819 e. The first-order chi connectivity index (χ1) is 10.6. The van der Waals surface area contributed by atoms with E-state index < -0.39 is 0 Å². The van der Waals surface area contributed by atoms with E-state index in [2.05, 4.69) is 17.1 Å². The first-order valence-corrected chi connectivity index (χ1v) is 8.80. The van der Waals surface area contributed by atoms with E-state index in [0.717, 1.165) is 49.6 Å². The number of benzene rings is 1. The Balaban J connectivity index is 0.00000192. The Kier molecular flexibility index (Phi) is 6.76. The Hall–Kier alpha value is -0.320. The van der Waals surface area contributed by atoms with E-state index in [9.17, 15) is 5.11 Å². The van der Waals surface area contributed by atoms with Gasteiger partial charge in [-0.2, -0.15) is 0 Å². The van der Waals surface area contributed by atoms with Gasteiger partial charge in [-0.15, -0.1) is 12.4 Å². The lowest BCUT2D eigenvalue weighted by atomic mass is 9.85. The van der Waals surface area contributed by atoms with Crippen LogP contribution in [-0.2, 0) is 0 Å². The van der Waals surface area contributed by atoms with Crippen LogP contribution in [0.4, 0.5) is 0 Å². The molecule has 2 aliphatic rings. The molecule has 2 atom stereocenters. The van der Waals surface area contributed by atoms with E-state index in [1.807, 2.05) is 24.3 Å². The second-order valence-corrected chi connectivity index (χ2v) is 7.78. The minimum atomic E-state index is -0.358. The van der Waals surface area contributed by atoms with Gasteiger partial charge in [0.25, 0.3) is 0 Å². The van der Waals surface area contributed by atoms with E-state index >= 15 is 0 Å². The van der Waals surface area contributed by atoms with Crippen LogP contribution >= 0.6 is 24.0 Å². The molecule has 0 amide bonds. The van der Waals surface area contributed by atoms with Gasteiger partial charge >= 0.3 is 0 Å². The summed E-state index contributed by atoms with van der Waals surface area (Å²) in [4.78, 5) is 2.58. The monoisotopic (exact) mass is 358 g/mol. The van der Waals surface area contributed by atoms with Gasteiger partial charge in [0.1, 0.15) is 0 Å². The molecule has 2 saturated heterocycles. The van der Waals surface area contributed by atoms with Gasteiger partial charge in [-0.3, -0.25) is 0 Å². The molecular formula is C18H28Cl2N2O. The lowest BCUT2D eigenvalue weighted by Gasteiger charge is -2.38. The topological polar surface area (TPSA) is 35.5 Å². The molecule has 0 saturated carbocycles. The number of rotatable bonds is 4. The fourth-order valence-electron chi connectivity index (χ4n) is 3.90. The third-order valence-electron chi connectivity index (χ3n) is 5.35.